The highest BCUT2D eigenvalue weighted by Crippen LogP contribution is 2.40. The number of methoxy groups -OCH3 is 1. The first-order chi connectivity index (χ1) is 14.5. The van der Waals surface area contributed by atoms with Gasteiger partial charge in [-0.3, -0.25) is 14.6 Å². The van der Waals surface area contributed by atoms with Crippen LogP contribution in [0.2, 0.25) is 5.02 Å². The van der Waals surface area contributed by atoms with Crippen molar-refractivity contribution in [1.82, 2.24) is 10.1 Å². The molecule has 3 aromatic rings. The molecule has 30 heavy (non-hydrogen) atoms. The van der Waals surface area contributed by atoms with Crippen molar-refractivity contribution in [3.63, 3.8) is 0 Å². The zero-order valence-corrected chi connectivity index (χ0v) is 18.3. The number of benzene rings is 2. The van der Waals surface area contributed by atoms with E-state index in [4.69, 9.17) is 16.3 Å². The highest BCUT2D eigenvalue weighted by molar-refractivity contribution is 7.98. The normalized spacial score (nSPS) is 14.8. The lowest BCUT2D eigenvalue weighted by Crippen LogP contribution is -2.60. The third-order valence-corrected chi connectivity index (χ3v) is 5.80. The second kappa shape index (κ2) is 8.12. The summed E-state index contributed by atoms with van der Waals surface area (Å²) < 4.78 is 7.17. The topological polar surface area (TPSA) is 79.2 Å². The number of anilines is 1. The van der Waals surface area contributed by atoms with E-state index in [1.807, 2.05) is 30.5 Å². The van der Waals surface area contributed by atoms with Crippen LogP contribution in [0.3, 0.4) is 0 Å². The summed E-state index contributed by atoms with van der Waals surface area (Å²) >= 11 is 7.63. The quantitative estimate of drug-likeness (QED) is 0.493. The predicted molar refractivity (Wildman–Crippen MR) is 116 cm³/mol. The van der Waals surface area contributed by atoms with Crippen molar-refractivity contribution in [3.8, 4) is 17.0 Å². The number of carbonyl (C=O) groups excluding carboxylic acids is 1. The number of H-pyrrole nitrogens is 1. The van der Waals surface area contributed by atoms with Crippen LogP contribution in [0.5, 0.6) is 5.75 Å². The molecule has 0 saturated heterocycles. The van der Waals surface area contributed by atoms with Gasteiger partial charge in [0, 0.05) is 16.5 Å². The summed E-state index contributed by atoms with van der Waals surface area (Å²) in [5, 5.41) is 5.59. The second-order valence-corrected chi connectivity index (χ2v) is 7.88. The van der Waals surface area contributed by atoms with Gasteiger partial charge >= 0.3 is 11.3 Å². The van der Waals surface area contributed by atoms with Crippen LogP contribution in [-0.4, -0.2) is 29.4 Å². The monoisotopic (exact) mass is 443 g/mol. The Morgan fingerprint density at radius 1 is 1.33 bits per heavy atom. The smallest absolute Gasteiger partial charge is 0.325 e. The number of ether oxygens (including phenoxy) is 1. The molecule has 0 spiro atoms. The van der Waals surface area contributed by atoms with Crippen molar-refractivity contribution in [2.45, 2.75) is 24.7 Å². The number of fused-ring (bicyclic) bond motifs is 3. The van der Waals surface area contributed by atoms with Gasteiger partial charge in [0.05, 0.1) is 23.9 Å². The molecule has 2 heterocycles. The van der Waals surface area contributed by atoms with Crippen LogP contribution < -0.4 is 19.9 Å². The van der Waals surface area contributed by atoms with E-state index in [0.29, 0.717) is 38.4 Å². The summed E-state index contributed by atoms with van der Waals surface area (Å²) in [5.41, 5.74) is 2.00. The summed E-state index contributed by atoms with van der Waals surface area (Å²) in [5.74, 6) is 0.435. The van der Waals surface area contributed by atoms with Crippen molar-refractivity contribution in [3.05, 3.63) is 63.4 Å². The number of amides is 1. The van der Waals surface area contributed by atoms with Gasteiger partial charge in [-0.2, -0.15) is 0 Å². The Bertz CT molecular complexity index is 1200. The zero-order chi connectivity index (χ0) is 21.4. The van der Waals surface area contributed by atoms with Gasteiger partial charge in [-0.15, -0.1) is 0 Å². The van der Waals surface area contributed by atoms with Crippen LogP contribution in [0.15, 0.2) is 52.4 Å². The van der Waals surface area contributed by atoms with Crippen LogP contribution in [0.4, 0.5) is 5.69 Å². The first-order valence-corrected chi connectivity index (χ1v) is 11.0. The van der Waals surface area contributed by atoms with Gasteiger partial charge in [-0.05, 0) is 41.3 Å². The SMILES string of the molecule is CCC(=O)N1c2ccccc2-c2c(=O)[nH]c(SC)n[n+]2[C@@H]1c1cc(Cl)ccc1OC. The Morgan fingerprint density at radius 3 is 2.80 bits per heavy atom. The van der Waals surface area contributed by atoms with Crippen LogP contribution >= 0.6 is 23.4 Å². The van der Waals surface area contributed by atoms with Crippen LogP contribution in [0.25, 0.3) is 11.3 Å². The summed E-state index contributed by atoms with van der Waals surface area (Å²) in [6.07, 6.45) is 1.37. The molecule has 0 saturated carbocycles. The van der Waals surface area contributed by atoms with Crippen molar-refractivity contribution in [2.24, 2.45) is 0 Å². The van der Waals surface area contributed by atoms with Crippen LogP contribution in [0, 0.1) is 0 Å². The van der Waals surface area contributed by atoms with Crippen LogP contribution in [-0.2, 0) is 4.79 Å². The van der Waals surface area contributed by atoms with Gasteiger partial charge in [0.15, 0.2) is 0 Å². The van der Waals surface area contributed by atoms with E-state index in [1.165, 1.54) is 11.8 Å². The summed E-state index contributed by atoms with van der Waals surface area (Å²) in [6, 6.07) is 12.5. The minimum atomic E-state index is -0.732. The van der Waals surface area contributed by atoms with E-state index in [0.717, 1.165) is 0 Å². The lowest BCUT2D eigenvalue weighted by molar-refractivity contribution is -0.763. The molecule has 1 aromatic heterocycles. The molecule has 1 aliphatic rings. The second-order valence-electron chi connectivity index (χ2n) is 6.65. The maximum absolute atomic E-state index is 13.2. The standard InChI is InChI=1S/C21H19ClN4O3S/c1-4-17(27)25-15-8-6-5-7-13(15)18-19(28)23-21(30-3)24-26(18)20(25)14-11-12(22)9-10-16(14)29-2/h5-11,20H,4H2,1-3H3/p+1/t20-/m1/s1. The van der Waals surface area contributed by atoms with E-state index < -0.39 is 6.17 Å². The molecule has 7 nitrogen and oxygen atoms in total. The molecule has 154 valence electrons. The Kier molecular flexibility index (Phi) is 5.53. The van der Waals surface area contributed by atoms with Gasteiger partial charge in [-0.25, -0.2) is 4.90 Å². The first kappa shape index (κ1) is 20.4. The lowest BCUT2D eigenvalue weighted by Gasteiger charge is -2.32. The van der Waals surface area contributed by atoms with E-state index >= 15 is 0 Å². The number of hydrogen-bond acceptors (Lipinski definition) is 5. The van der Waals surface area contributed by atoms with Gasteiger partial charge in [-0.1, -0.05) is 42.4 Å². The molecule has 4 rings (SSSR count). The van der Waals surface area contributed by atoms with Gasteiger partial charge in [0.25, 0.3) is 6.17 Å². The van der Waals surface area contributed by atoms with Crippen molar-refractivity contribution < 1.29 is 14.2 Å². The fourth-order valence-electron chi connectivity index (χ4n) is 3.69. The molecule has 0 bridgehead atoms. The Balaban J connectivity index is 2.13. The molecule has 1 N–H and O–H groups in total. The third-order valence-electron chi connectivity index (χ3n) is 4.99. The number of halogens is 1. The van der Waals surface area contributed by atoms with Crippen LogP contribution in [0.1, 0.15) is 25.1 Å². The molecular formula is C21H20ClN4O3S+. The average molecular weight is 444 g/mol. The molecule has 0 fully saturated rings. The third kappa shape index (κ3) is 3.26. The average Bonchev–Trinajstić information content (AvgIpc) is 2.77. The van der Waals surface area contributed by atoms with Gasteiger partial charge < -0.3 is 4.74 Å². The molecule has 0 aliphatic carbocycles. The summed E-state index contributed by atoms with van der Waals surface area (Å²) in [6.45, 7) is 1.80. The molecule has 1 atom stereocenters. The lowest BCUT2D eigenvalue weighted by atomic mass is 10.0. The minimum absolute atomic E-state index is 0.111. The highest BCUT2D eigenvalue weighted by Gasteiger charge is 2.46. The molecule has 9 heteroatoms. The number of aromatic nitrogens is 3. The van der Waals surface area contributed by atoms with E-state index in [9.17, 15) is 9.59 Å². The van der Waals surface area contributed by atoms with Gasteiger partial charge in [0.1, 0.15) is 5.75 Å². The Hall–Kier alpha value is -2.84. The minimum Gasteiger partial charge on any atom is -0.496 e. The van der Waals surface area contributed by atoms with Crippen molar-refractivity contribution >= 4 is 35.0 Å². The number of carbonyl (C=O) groups is 1. The molecular weight excluding hydrogens is 424 g/mol. The highest BCUT2D eigenvalue weighted by atomic mass is 35.5. The molecule has 1 aliphatic heterocycles. The number of nitrogens with zero attached hydrogens (tertiary/aromatic N) is 3. The van der Waals surface area contributed by atoms with E-state index in [-0.39, 0.29) is 17.9 Å². The maximum atomic E-state index is 13.2. The van der Waals surface area contributed by atoms with Gasteiger partial charge in [0.2, 0.25) is 11.1 Å². The fourth-order valence-corrected chi connectivity index (χ4v) is 4.24. The molecule has 0 unspecified atom stereocenters. The van der Waals surface area contributed by atoms with E-state index in [1.54, 1.807) is 41.8 Å². The van der Waals surface area contributed by atoms with Crippen molar-refractivity contribution in [2.75, 3.05) is 18.3 Å². The number of para-hydroxylation sites is 1. The Labute approximate surface area is 182 Å². The number of nitrogens with one attached hydrogen (secondary N) is 1. The first-order valence-electron chi connectivity index (χ1n) is 9.35. The summed E-state index contributed by atoms with van der Waals surface area (Å²) in [7, 11) is 1.56. The van der Waals surface area contributed by atoms with Crippen molar-refractivity contribution in [1.29, 1.82) is 0 Å². The molecule has 1 amide bonds. The number of rotatable bonds is 4. The summed E-state index contributed by atoms with van der Waals surface area (Å²) in [4.78, 5) is 30.7. The number of aromatic amines is 1. The molecule has 2 aromatic carbocycles. The fraction of sp³-hybridized carbons (Fsp3) is 0.238. The van der Waals surface area contributed by atoms with E-state index in [2.05, 4.69) is 10.1 Å². The maximum Gasteiger partial charge on any atom is 0.325 e. The Morgan fingerprint density at radius 2 is 2.10 bits per heavy atom. The predicted octanol–water partition coefficient (Wildman–Crippen LogP) is 3.41. The number of thioether (sulfide) groups is 1. The molecule has 0 radical (unpaired) electrons. The largest absolute Gasteiger partial charge is 0.496 e. The zero-order valence-electron chi connectivity index (χ0n) is 16.7. The number of hydrogen-bond donors (Lipinski definition) is 1.